The number of hydrogen-bond donors (Lipinski definition) is 3. The van der Waals surface area contributed by atoms with Crippen LogP contribution < -0.4 is 5.32 Å². The van der Waals surface area contributed by atoms with E-state index in [1.807, 2.05) is 0 Å². The van der Waals surface area contributed by atoms with E-state index in [2.05, 4.69) is 15.6 Å². The number of nitrogens with one attached hydrogen (secondary N) is 1. The van der Waals surface area contributed by atoms with Gasteiger partial charge in [0.15, 0.2) is 11.5 Å². The fourth-order valence-electron chi connectivity index (χ4n) is 2.46. The van der Waals surface area contributed by atoms with E-state index in [4.69, 9.17) is 0 Å². The van der Waals surface area contributed by atoms with Crippen LogP contribution in [0.15, 0.2) is 54.7 Å². The first-order valence-corrected chi connectivity index (χ1v) is 8.51. The van der Waals surface area contributed by atoms with Gasteiger partial charge in [-0.1, -0.05) is 23.4 Å². The highest BCUT2D eigenvalue weighted by molar-refractivity contribution is 5.91. The quantitative estimate of drug-likeness (QED) is 0.240. The minimum absolute atomic E-state index is 0.0197. The van der Waals surface area contributed by atoms with Crippen LogP contribution >= 0.6 is 0 Å². The first-order chi connectivity index (χ1) is 13.9. The van der Waals surface area contributed by atoms with Gasteiger partial charge in [-0.3, -0.25) is 14.9 Å². The zero-order valence-electron chi connectivity index (χ0n) is 15.1. The van der Waals surface area contributed by atoms with Gasteiger partial charge >= 0.3 is 0 Å². The predicted molar refractivity (Wildman–Crippen MR) is 103 cm³/mol. The number of non-ortho nitro benzene ring substituents is 1. The Morgan fingerprint density at radius 1 is 1.17 bits per heavy atom. The van der Waals surface area contributed by atoms with Gasteiger partial charge in [0.2, 0.25) is 5.91 Å². The second kappa shape index (κ2) is 8.65. The molecule has 0 radical (unpaired) electrons. The summed E-state index contributed by atoms with van der Waals surface area (Å²) in [6, 6.07) is 10.4. The minimum atomic E-state index is -0.459. The van der Waals surface area contributed by atoms with Crippen LogP contribution in [-0.2, 0) is 17.9 Å². The normalized spacial score (nSPS) is 10.9. The molecule has 0 unspecified atom stereocenters. The number of nitrogens with zero attached hydrogens (tertiary/aromatic N) is 4. The highest BCUT2D eigenvalue weighted by Gasteiger charge is 2.06. The third-order valence-corrected chi connectivity index (χ3v) is 3.95. The summed E-state index contributed by atoms with van der Waals surface area (Å²) in [6.07, 6.45) is 4.47. The molecule has 2 aromatic carbocycles. The number of carbonyl (C=O) groups is 1. The number of phenols is 2. The van der Waals surface area contributed by atoms with Crippen LogP contribution in [0.2, 0.25) is 0 Å². The van der Waals surface area contributed by atoms with E-state index in [0.717, 1.165) is 5.56 Å². The van der Waals surface area contributed by atoms with E-state index in [9.17, 15) is 25.1 Å². The summed E-state index contributed by atoms with van der Waals surface area (Å²) in [7, 11) is 0. The minimum Gasteiger partial charge on any atom is -0.504 e. The van der Waals surface area contributed by atoms with E-state index in [0.29, 0.717) is 17.8 Å². The Labute approximate surface area is 164 Å². The lowest BCUT2D eigenvalue weighted by Gasteiger charge is -2.01. The monoisotopic (exact) mass is 395 g/mol. The number of rotatable bonds is 7. The maximum atomic E-state index is 11.9. The van der Waals surface area contributed by atoms with Gasteiger partial charge in [0.25, 0.3) is 5.69 Å². The molecule has 0 aliphatic carbocycles. The molecule has 10 heteroatoms. The number of nitro benzene ring substituents is 1. The Bertz CT molecular complexity index is 1060. The van der Waals surface area contributed by atoms with Crippen LogP contribution in [0.1, 0.15) is 16.8 Å². The van der Waals surface area contributed by atoms with Crippen molar-refractivity contribution in [2.45, 2.75) is 13.1 Å². The lowest BCUT2D eigenvalue weighted by Crippen LogP contribution is -2.20. The fourth-order valence-corrected chi connectivity index (χ4v) is 2.46. The third-order valence-electron chi connectivity index (χ3n) is 3.95. The van der Waals surface area contributed by atoms with Crippen molar-refractivity contribution in [3.8, 4) is 11.5 Å². The molecule has 0 aliphatic rings. The van der Waals surface area contributed by atoms with Crippen LogP contribution in [0.4, 0.5) is 5.69 Å². The van der Waals surface area contributed by atoms with Gasteiger partial charge in [-0.25, -0.2) is 4.68 Å². The fraction of sp³-hybridized carbons (Fsp3) is 0.105. The maximum Gasteiger partial charge on any atom is 0.269 e. The average molecular weight is 395 g/mol. The van der Waals surface area contributed by atoms with E-state index >= 15 is 0 Å². The number of phenolic OH excluding ortho intramolecular Hbond substituents is 2. The molecule has 0 atom stereocenters. The second-order valence-corrected chi connectivity index (χ2v) is 6.13. The molecule has 29 heavy (non-hydrogen) atoms. The number of aromatic hydroxyl groups is 2. The summed E-state index contributed by atoms with van der Waals surface area (Å²) in [5, 5.41) is 40.0. The molecule has 0 saturated heterocycles. The van der Waals surface area contributed by atoms with Gasteiger partial charge in [0, 0.05) is 18.2 Å². The Hall–Kier alpha value is -4.21. The lowest BCUT2D eigenvalue weighted by atomic mass is 10.2. The molecule has 3 rings (SSSR count). The number of hydrogen-bond acceptors (Lipinski definition) is 7. The van der Waals surface area contributed by atoms with Crippen LogP contribution in [0, 0.1) is 10.1 Å². The predicted octanol–water partition coefficient (Wildman–Crippen LogP) is 1.98. The molecule has 3 aromatic rings. The van der Waals surface area contributed by atoms with Gasteiger partial charge in [-0.05, 0) is 29.3 Å². The summed E-state index contributed by atoms with van der Waals surface area (Å²) in [6.45, 7) is 0.563. The smallest absolute Gasteiger partial charge is 0.269 e. The molecule has 0 fully saturated rings. The van der Waals surface area contributed by atoms with Gasteiger partial charge < -0.3 is 15.5 Å². The molecular weight excluding hydrogens is 378 g/mol. The molecule has 1 aromatic heterocycles. The number of amides is 1. The van der Waals surface area contributed by atoms with Crippen molar-refractivity contribution in [2.24, 2.45) is 0 Å². The van der Waals surface area contributed by atoms with Crippen molar-refractivity contribution in [1.29, 1.82) is 0 Å². The zero-order chi connectivity index (χ0) is 20.8. The number of carbonyl (C=O) groups excluding carboxylic acids is 1. The SMILES string of the molecule is O=C(/C=C/c1ccc(O)c(O)c1)NCc1cn(Cc2ccc([N+](=O)[O-])cc2)nn1. The Balaban J connectivity index is 1.51. The summed E-state index contributed by atoms with van der Waals surface area (Å²) in [5.41, 5.74) is 1.96. The summed E-state index contributed by atoms with van der Waals surface area (Å²) in [5.74, 6) is -0.858. The highest BCUT2D eigenvalue weighted by atomic mass is 16.6. The van der Waals surface area contributed by atoms with Crippen molar-refractivity contribution in [3.63, 3.8) is 0 Å². The topological polar surface area (TPSA) is 143 Å². The highest BCUT2D eigenvalue weighted by Crippen LogP contribution is 2.25. The third kappa shape index (κ3) is 5.39. The molecule has 1 heterocycles. The molecule has 3 N–H and O–H groups in total. The molecule has 10 nitrogen and oxygen atoms in total. The van der Waals surface area contributed by atoms with Crippen LogP contribution in [-0.4, -0.2) is 36.0 Å². The average Bonchev–Trinajstić information content (AvgIpc) is 3.15. The molecule has 0 saturated carbocycles. The first kappa shape index (κ1) is 19.5. The molecule has 0 spiro atoms. The van der Waals surface area contributed by atoms with Crippen molar-refractivity contribution >= 4 is 17.7 Å². The second-order valence-electron chi connectivity index (χ2n) is 6.13. The number of aromatic nitrogens is 3. The van der Waals surface area contributed by atoms with Gasteiger partial charge in [-0.15, -0.1) is 5.10 Å². The van der Waals surface area contributed by atoms with E-state index in [-0.39, 0.29) is 29.6 Å². The van der Waals surface area contributed by atoms with Crippen LogP contribution in [0.3, 0.4) is 0 Å². The first-order valence-electron chi connectivity index (χ1n) is 8.51. The van der Waals surface area contributed by atoms with Crippen molar-refractivity contribution in [3.05, 3.63) is 81.7 Å². The molecular formula is C19H17N5O5. The van der Waals surface area contributed by atoms with Crippen molar-refractivity contribution < 1.29 is 19.9 Å². The van der Waals surface area contributed by atoms with Crippen LogP contribution in [0.25, 0.3) is 6.08 Å². The Morgan fingerprint density at radius 2 is 1.93 bits per heavy atom. The lowest BCUT2D eigenvalue weighted by molar-refractivity contribution is -0.384. The van der Waals surface area contributed by atoms with Crippen molar-refractivity contribution in [2.75, 3.05) is 0 Å². The van der Waals surface area contributed by atoms with Gasteiger partial charge in [0.1, 0.15) is 5.69 Å². The van der Waals surface area contributed by atoms with Gasteiger partial charge in [0.05, 0.1) is 24.2 Å². The van der Waals surface area contributed by atoms with E-state index < -0.39 is 4.92 Å². The summed E-state index contributed by atoms with van der Waals surface area (Å²) >= 11 is 0. The van der Waals surface area contributed by atoms with E-state index in [1.165, 1.54) is 36.4 Å². The summed E-state index contributed by atoms with van der Waals surface area (Å²) in [4.78, 5) is 22.1. The van der Waals surface area contributed by atoms with E-state index in [1.54, 1.807) is 29.1 Å². The zero-order valence-corrected chi connectivity index (χ0v) is 15.1. The van der Waals surface area contributed by atoms with Crippen molar-refractivity contribution in [1.82, 2.24) is 20.3 Å². The molecule has 0 bridgehead atoms. The van der Waals surface area contributed by atoms with Crippen LogP contribution in [0.5, 0.6) is 11.5 Å². The number of nitro groups is 1. The molecule has 0 aliphatic heterocycles. The van der Waals surface area contributed by atoms with Gasteiger partial charge in [-0.2, -0.15) is 0 Å². The largest absolute Gasteiger partial charge is 0.504 e. The number of benzene rings is 2. The standard InChI is InChI=1S/C19H17N5O5/c25-17-7-3-13(9-18(17)26)4-8-19(27)20-10-15-12-23(22-21-15)11-14-1-5-16(6-2-14)24(28)29/h1-9,12,25-26H,10-11H2,(H,20,27)/b8-4+. The summed E-state index contributed by atoms with van der Waals surface area (Å²) < 4.78 is 1.57. The molecule has 148 valence electrons. The molecule has 1 amide bonds. The maximum absolute atomic E-state index is 11.9. The Morgan fingerprint density at radius 3 is 2.62 bits per heavy atom. The Kier molecular flexibility index (Phi) is 5.83.